The van der Waals surface area contributed by atoms with Gasteiger partial charge in [0, 0.05) is 31.7 Å². The fraction of sp³-hybridized carbons (Fsp3) is 0.750. The maximum atomic E-state index is 11.7. The van der Waals surface area contributed by atoms with Gasteiger partial charge in [-0.2, -0.15) is 0 Å². The van der Waals surface area contributed by atoms with Crippen LogP contribution in [0.1, 0.15) is 12.8 Å². The second-order valence-electron chi connectivity index (χ2n) is 7.69. The molecule has 1 heterocycles. The first-order chi connectivity index (χ1) is 18.5. The van der Waals surface area contributed by atoms with Crippen LogP contribution in [0.2, 0.25) is 0 Å². The zero-order valence-electron chi connectivity index (χ0n) is 21.8. The van der Waals surface area contributed by atoms with Crippen LogP contribution in [0.4, 0.5) is 0 Å². The number of rotatable bonds is 27. The zero-order valence-corrected chi connectivity index (χ0v) is 21.8. The average Bonchev–Trinajstić information content (AvgIpc) is 3.21. The SMILES string of the molecule is O=C(O)CCOCCOCCOCCOCCOCCOCCOCCNC(=O)CCN1C(=O)C=CC1=O. The summed E-state index contributed by atoms with van der Waals surface area (Å²) in [6.07, 6.45) is 2.41. The Morgan fingerprint density at radius 2 is 0.974 bits per heavy atom. The Balaban J connectivity index is 1.70. The van der Waals surface area contributed by atoms with Crippen LogP contribution in [0, 0.1) is 0 Å². The van der Waals surface area contributed by atoms with Crippen LogP contribution in [-0.4, -0.2) is 139 Å². The highest BCUT2D eigenvalue weighted by atomic mass is 16.6. The minimum atomic E-state index is -0.885. The van der Waals surface area contributed by atoms with Gasteiger partial charge in [-0.25, -0.2) is 0 Å². The molecule has 2 N–H and O–H groups in total. The Morgan fingerprint density at radius 1 is 0.605 bits per heavy atom. The number of carboxylic acid groups (broad SMARTS) is 1. The largest absolute Gasteiger partial charge is 0.481 e. The molecule has 0 unspecified atom stereocenters. The quantitative estimate of drug-likeness (QED) is 0.0951. The molecule has 0 spiro atoms. The van der Waals surface area contributed by atoms with Gasteiger partial charge in [-0.15, -0.1) is 0 Å². The van der Waals surface area contributed by atoms with Gasteiger partial charge in [0.05, 0.1) is 98.9 Å². The predicted octanol–water partition coefficient (Wildman–Crippen LogP) is -0.991. The highest BCUT2D eigenvalue weighted by Crippen LogP contribution is 2.03. The van der Waals surface area contributed by atoms with Gasteiger partial charge in [-0.3, -0.25) is 24.1 Å². The summed E-state index contributed by atoms with van der Waals surface area (Å²) >= 11 is 0. The summed E-state index contributed by atoms with van der Waals surface area (Å²) in [6, 6.07) is 0. The molecule has 0 radical (unpaired) electrons. The fourth-order valence-electron chi connectivity index (χ4n) is 2.80. The maximum absolute atomic E-state index is 11.7. The highest BCUT2D eigenvalue weighted by molar-refractivity contribution is 6.13. The first-order valence-electron chi connectivity index (χ1n) is 12.6. The third-order valence-corrected chi connectivity index (χ3v) is 4.72. The van der Waals surface area contributed by atoms with E-state index in [2.05, 4.69) is 5.32 Å². The van der Waals surface area contributed by atoms with Gasteiger partial charge in [0.1, 0.15) is 0 Å². The van der Waals surface area contributed by atoms with Crippen molar-refractivity contribution in [2.24, 2.45) is 0 Å². The van der Waals surface area contributed by atoms with Crippen molar-refractivity contribution in [1.82, 2.24) is 10.2 Å². The summed E-state index contributed by atoms with van der Waals surface area (Å²) in [4.78, 5) is 45.9. The lowest BCUT2D eigenvalue weighted by molar-refractivity contribution is -0.139. The molecule has 0 aliphatic carbocycles. The van der Waals surface area contributed by atoms with Gasteiger partial charge in [0.15, 0.2) is 0 Å². The molecule has 1 rings (SSSR count). The van der Waals surface area contributed by atoms with Crippen LogP contribution in [0.3, 0.4) is 0 Å². The van der Waals surface area contributed by atoms with Gasteiger partial charge < -0.3 is 43.6 Å². The predicted molar refractivity (Wildman–Crippen MR) is 131 cm³/mol. The molecular weight excluding hydrogens is 508 g/mol. The van der Waals surface area contributed by atoms with Crippen molar-refractivity contribution < 1.29 is 57.4 Å². The number of carboxylic acids is 1. The van der Waals surface area contributed by atoms with E-state index in [1.165, 1.54) is 12.2 Å². The summed E-state index contributed by atoms with van der Waals surface area (Å²) in [5, 5.41) is 11.1. The zero-order chi connectivity index (χ0) is 27.7. The molecule has 0 fully saturated rings. The molecule has 0 aromatic heterocycles. The molecular formula is C24H40N2O12. The number of nitrogens with zero attached hydrogens (tertiary/aromatic N) is 1. The van der Waals surface area contributed by atoms with E-state index in [9.17, 15) is 19.2 Å². The van der Waals surface area contributed by atoms with Crippen molar-refractivity contribution in [3.05, 3.63) is 12.2 Å². The monoisotopic (exact) mass is 548 g/mol. The smallest absolute Gasteiger partial charge is 0.305 e. The number of carbonyl (C=O) groups excluding carboxylic acids is 3. The third-order valence-electron chi connectivity index (χ3n) is 4.72. The van der Waals surface area contributed by atoms with E-state index in [0.29, 0.717) is 92.4 Å². The second kappa shape index (κ2) is 23.6. The van der Waals surface area contributed by atoms with Gasteiger partial charge >= 0.3 is 5.97 Å². The van der Waals surface area contributed by atoms with E-state index in [-0.39, 0.29) is 31.9 Å². The standard InChI is InChI=1S/C24H40N2O12/c27-21(3-6-26-22(28)1-2-23(26)29)25-5-8-33-10-12-35-14-16-37-18-20-38-19-17-36-15-13-34-11-9-32-7-4-24(30)31/h1-2H,3-20H2,(H,25,27)(H,30,31). The van der Waals surface area contributed by atoms with E-state index in [1.54, 1.807) is 0 Å². The molecule has 14 heteroatoms. The van der Waals surface area contributed by atoms with Gasteiger partial charge in [0.25, 0.3) is 11.8 Å². The van der Waals surface area contributed by atoms with Gasteiger partial charge in [-0.1, -0.05) is 0 Å². The van der Waals surface area contributed by atoms with Crippen molar-refractivity contribution in [2.75, 3.05) is 106 Å². The van der Waals surface area contributed by atoms with Gasteiger partial charge in [-0.05, 0) is 0 Å². The first-order valence-corrected chi connectivity index (χ1v) is 12.6. The minimum Gasteiger partial charge on any atom is -0.481 e. The van der Waals surface area contributed by atoms with E-state index in [0.717, 1.165) is 4.90 Å². The van der Waals surface area contributed by atoms with Crippen molar-refractivity contribution in [1.29, 1.82) is 0 Å². The number of amides is 3. The normalized spacial score (nSPS) is 13.0. The van der Waals surface area contributed by atoms with Crippen molar-refractivity contribution in [3.8, 4) is 0 Å². The van der Waals surface area contributed by atoms with Crippen molar-refractivity contribution in [2.45, 2.75) is 12.8 Å². The molecule has 1 aliphatic rings. The molecule has 1 aliphatic heterocycles. The minimum absolute atomic E-state index is 0.0132. The van der Waals surface area contributed by atoms with Crippen molar-refractivity contribution >= 4 is 23.7 Å². The highest BCUT2D eigenvalue weighted by Gasteiger charge is 2.23. The van der Waals surface area contributed by atoms with Crippen LogP contribution in [0.25, 0.3) is 0 Å². The molecule has 38 heavy (non-hydrogen) atoms. The molecule has 3 amide bonds. The molecule has 0 saturated carbocycles. The average molecular weight is 549 g/mol. The summed E-state index contributed by atoms with van der Waals surface area (Å²) in [7, 11) is 0. The fourth-order valence-corrected chi connectivity index (χ4v) is 2.80. The summed E-state index contributed by atoms with van der Waals surface area (Å²) < 4.78 is 37.3. The first kappa shape index (κ1) is 33.6. The number of hydrogen-bond donors (Lipinski definition) is 2. The molecule has 14 nitrogen and oxygen atoms in total. The number of imide groups is 1. The maximum Gasteiger partial charge on any atom is 0.305 e. The lowest BCUT2D eigenvalue weighted by atomic mass is 10.3. The van der Waals surface area contributed by atoms with E-state index < -0.39 is 17.8 Å². The summed E-state index contributed by atoms with van der Waals surface area (Å²) in [5.41, 5.74) is 0. The Labute approximate surface area is 222 Å². The van der Waals surface area contributed by atoms with E-state index in [1.807, 2.05) is 0 Å². The van der Waals surface area contributed by atoms with Crippen LogP contribution in [0.5, 0.6) is 0 Å². The van der Waals surface area contributed by atoms with Crippen LogP contribution in [0.15, 0.2) is 12.2 Å². The lowest BCUT2D eigenvalue weighted by Gasteiger charge is -2.13. The Kier molecular flexibility index (Phi) is 20.9. The summed E-state index contributed by atoms with van der Waals surface area (Å²) in [5.74, 6) is -1.94. The van der Waals surface area contributed by atoms with Crippen LogP contribution < -0.4 is 5.32 Å². The molecule has 0 atom stereocenters. The van der Waals surface area contributed by atoms with E-state index >= 15 is 0 Å². The summed E-state index contributed by atoms with van der Waals surface area (Å²) in [6.45, 7) is 5.94. The number of hydrogen-bond acceptors (Lipinski definition) is 11. The Bertz CT molecular complexity index is 686. The van der Waals surface area contributed by atoms with E-state index in [4.69, 9.17) is 38.3 Å². The number of ether oxygens (including phenoxy) is 7. The van der Waals surface area contributed by atoms with Crippen molar-refractivity contribution in [3.63, 3.8) is 0 Å². The molecule has 0 bridgehead atoms. The molecule has 0 saturated heterocycles. The Morgan fingerprint density at radius 3 is 1.37 bits per heavy atom. The van der Waals surface area contributed by atoms with Gasteiger partial charge in [0.2, 0.25) is 5.91 Å². The Hall–Kier alpha value is -2.46. The second-order valence-corrected chi connectivity index (χ2v) is 7.69. The molecule has 0 aromatic rings. The topological polar surface area (TPSA) is 168 Å². The number of carbonyl (C=O) groups is 4. The van der Waals surface area contributed by atoms with Crippen LogP contribution in [-0.2, 0) is 52.3 Å². The van der Waals surface area contributed by atoms with Crippen LogP contribution >= 0.6 is 0 Å². The molecule has 0 aromatic carbocycles. The molecule has 218 valence electrons. The number of nitrogens with one attached hydrogen (secondary N) is 1. The lowest BCUT2D eigenvalue weighted by Crippen LogP contribution is -2.35. The third kappa shape index (κ3) is 19.6. The number of aliphatic carboxylic acids is 1.